The molecule has 22 heavy (non-hydrogen) atoms. The van der Waals surface area contributed by atoms with Gasteiger partial charge in [-0.25, -0.2) is 9.78 Å². The third-order valence-corrected chi connectivity index (χ3v) is 4.19. The number of fused-ring (bicyclic) bond motifs is 1. The number of aliphatic imine (C=N–C) groups is 1. The number of aromatic nitrogens is 4. The number of aryl methyl sites for hydroxylation is 1. The second-order valence-electron chi connectivity index (χ2n) is 5.64. The van der Waals surface area contributed by atoms with Crippen LogP contribution in [0.1, 0.15) is 12.8 Å². The molecule has 8 heteroatoms. The van der Waals surface area contributed by atoms with E-state index < -0.39 is 0 Å². The Balaban J connectivity index is 1.92. The number of hydrogen-bond acceptors (Lipinski definition) is 4. The molecule has 1 saturated heterocycles. The predicted octanol–water partition coefficient (Wildman–Crippen LogP) is -0.442. The SMILES string of the molecule is CN1CCCC1=NCCn1cnc2c1c(=O)n(C)c(=O)n2C. The molecule has 0 unspecified atom stereocenters. The van der Waals surface area contributed by atoms with Crippen LogP contribution in [-0.2, 0) is 20.6 Å². The van der Waals surface area contributed by atoms with Gasteiger partial charge >= 0.3 is 5.69 Å². The third kappa shape index (κ3) is 2.24. The van der Waals surface area contributed by atoms with E-state index in [0.717, 1.165) is 29.8 Å². The number of hydrogen-bond donors (Lipinski definition) is 0. The summed E-state index contributed by atoms with van der Waals surface area (Å²) in [5.41, 5.74) is 0.181. The number of imidazole rings is 1. The van der Waals surface area contributed by atoms with Crippen molar-refractivity contribution < 1.29 is 0 Å². The van der Waals surface area contributed by atoms with E-state index in [1.54, 1.807) is 17.9 Å². The van der Waals surface area contributed by atoms with E-state index in [4.69, 9.17) is 0 Å². The number of amidine groups is 1. The highest BCUT2D eigenvalue weighted by Gasteiger charge is 2.15. The van der Waals surface area contributed by atoms with Gasteiger partial charge in [-0.3, -0.25) is 18.9 Å². The van der Waals surface area contributed by atoms with E-state index in [2.05, 4.69) is 14.9 Å². The Morgan fingerprint density at radius 2 is 2.00 bits per heavy atom. The molecule has 3 heterocycles. The maximum atomic E-state index is 12.3. The molecule has 0 atom stereocenters. The molecule has 118 valence electrons. The predicted molar refractivity (Wildman–Crippen MR) is 84.4 cm³/mol. The summed E-state index contributed by atoms with van der Waals surface area (Å²) in [6.07, 6.45) is 3.76. The summed E-state index contributed by atoms with van der Waals surface area (Å²) in [5, 5.41) is 0. The molecular formula is C14H20N6O2. The van der Waals surface area contributed by atoms with E-state index in [1.807, 2.05) is 7.05 Å². The first kappa shape index (κ1) is 14.6. The quantitative estimate of drug-likeness (QED) is 0.770. The van der Waals surface area contributed by atoms with Crippen molar-refractivity contribution in [1.82, 2.24) is 23.6 Å². The van der Waals surface area contributed by atoms with Gasteiger partial charge in [-0.2, -0.15) is 0 Å². The van der Waals surface area contributed by atoms with Crippen LogP contribution in [0.25, 0.3) is 11.2 Å². The maximum Gasteiger partial charge on any atom is 0.332 e. The first-order valence-electron chi connectivity index (χ1n) is 7.36. The Morgan fingerprint density at radius 3 is 2.68 bits per heavy atom. The molecule has 0 bridgehead atoms. The van der Waals surface area contributed by atoms with Crippen molar-refractivity contribution in [3.63, 3.8) is 0 Å². The monoisotopic (exact) mass is 304 g/mol. The lowest BCUT2D eigenvalue weighted by Crippen LogP contribution is -2.37. The summed E-state index contributed by atoms with van der Waals surface area (Å²) in [6.45, 7) is 2.22. The molecule has 0 N–H and O–H groups in total. The molecule has 1 aliphatic heterocycles. The van der Waals surface area contributed by atoms with Gasteiger partial charge in [0.25, 0.3) is 5.56 Å². The molecule has 0 aromatic carbocycles. The maximum absolute atomic E-state index is 12.3. The molecule has 1 fully saturated rings. The van der Waals surface area contributed by atoms with Crippen molar-refractivity contribution >= 4 is 17.0 Å². The van der Waals surface area contributed by atoms with Crippen LogP contribution < -0.4 is 11.2 Å². The first-order chi connectivity index (χ1) is 10.5. The van der Waals surface area contributed by atoms with E-state index >= 15 is 0 Å². The minimum Gasteiger partial charge on any atom is -0.363 e. The summed E-state index contributed by atoms with van der Waals surface area (Å²) in [5.74, 6) is 1.12. The summed E-state index contributed by atoms with van der Waals surface area (Å²) in [4.78, 5) is 35.1. The zero-order valence-corrected chi connectivity index (χ0v) is 13.1. The van der Waals surface area contributed by atoms with Crippen LogP contribution in [0.4, 0.5) is 0 Å². The average Bonchev–Trinajstić information content (AvgIpc) is 3.10. The Hall–Kier alpha value is -2.38. The lowest BCUT2D eigenvalue weighted by Gasteiger charge is -2.11. The summed E-state index contributed by atoms with van der Waals surface area (Å²) in [7, 11) is 5.15. The van der Waals surface area contributed by atoms with Crippen LogP contribution in [0, 0.1) is 0 Å². The standard InChI is InChI=1S/C14H20N6O2/c1-17-7-4-5-10(17)15-6-8-20-9-16-12-11(20)13(21)19(3)14(22)18(12)2/h9H,4-8H2,1-3H3. The van der Waals surface area contributed by atoms with Crippen molar-refractivity contribution in [3.8, 4) is 0 Å². The molecule has 3 rings (SSSR count). The van der Waals surface area contributed by atoms with Crippen LogP contribution in [0.2, 0.25) is 0 Å². The molecule has 8 nitrogen and oxygen atoms in total. The lowest BCUT2D eigenvalue weighted by molar-refractivity contribution is 0.546. The van der Waals surface area contributed by atoms with Gasteiger partial charge in [-0.05, 0) is 6.42 Å². The topological polar surface area (TPSA) is 77.4 Å². The van der Waals surface area contributed by atoms with Gasteiger partial charge in [-0.15, -0.1) is 0 Å². The molecule has 2 aromatic rings. The highest BCUT2D eigenvalue weighted by Crippen LogP contribution is 2.09. The minimum absolute atomic E-state index is 0.318. The van der Waals surface area contributed by atoms with Crippen molar-refractivity contribution in [2.24, 2.45) is 19.1 Å². The summed E-state index contributed by atoms with van der Waals surface area (Å²) in [6, 6.07) is 0. The fourth-order valence-corrected chi connectivity index (χ4v) is 2.85. The van der Waals surface area contributed by atoms with E-state index in [-0.39, 0.29) is 11.2 Å². The zero-order valence-electron chi connectivity index (χ0n) is 13.1. The van der Waals surface area contributed by atoms with E-state index in [1.165, 1.54) is 11.6 Å². The van der Waals surface area contributed by atoms with Crippen molar-refractivity contribution in [2.75, 3.05) is 20.1 Å². The van der Waals surface area contributed by atoms with Gasteiger partial charge in [0.1, 0.15) is 0 Å². The summed E-state index contributed by atoms with van der Waals surface area (Å²) < 4.78 is 4.27. The lowest BCUT2D eigenvalue weighted by atomic mass is 10.4. The van der Waals surface area contributed by atoms with Crippen LogP contribution >= 0.6 is 0 Å². The first-order valence-corrected chi connectivity index (χ1v) is 7.36. The average molecular weight is 304 g/mol. The molecule has 0 aliphatic carbocycles. The number of nitrogens with zero attached hydrogens (tertiary/aromatic N) is 6. The second-order valence-corrected chi connectivity index (χ2v) is 5.64. The van der Waals surface area contributed by atoms with Gasteiger partial charge < -0.3 is 9.47 Å². The van der Waals surface area contributed by atoms with Crippen molar-refractivity contribution in [2.45, 2.75) is 19.4 Å². The largest absolute Gasteiger partial charge is 0.363 e. The molecule has 0 amide bonds. The smallest absolute Gasteiger partial charge is 0.332 e. The van der Waals surface area contributed by atoms with Gasteiger partial charge in [0.15, 0.2) is 11.2 Å². The highest BCUT2D eigenvalue weighted by molar-refractivity contribution is 5.83. The molecule has 0 saturated carbocycles. The Bertz CT molecular complexity index is 857. The Kier molecular flexibility index (Phi) is 3.59. The van der Waals surface area contributed by atoms with Crippen LogP contribution in [0.15, 0.2) is 20.9 Å². The normalized spacial score (nSPS) is 17.0. The van der Waals surface area contributed by atoms with Crippen LogP contribution in [0.3, 0.4) is 0 Å². The zero-order chi connectivity index (χ0) is 15.9. The van der Waals surface area contributed by atoms with Crippen LogP contribution in [0.5, 0.6) is 0 Å². The fourth-order valence-electron chi connectivity index (χ4n) is 2.85. The van der Waals surface area contributed by atoms with E-state index in [0.29, 0.717) is 24.3 Å². The third-order valence-electron chi connectivity index (χ3n) is 4.19. The van der Waals surface area contributed by atoms with Gasteiger partial charge in [-0.1, -0.05) is 0 Å². The van der Waals surface area contributed by atoms with Gasteiger partial charge in [0.2, 0.25) is 0 Å². The molecular weight excluding hydrogens is 284 g/mol. The minimum atomic E-state index is -0.365. The molecule has 2 aromatic heterocycles. The van der Waals surface area contributed by atoms with Gasteiger partial charge in [0.05, 0.1) is 18.7 Å². The van der Waals surface area contributed by atoms with Crippen molar-refractivity contribution in [3.05, 3.63) is 27.2 Å². The Morgan fingerprint density at radius 1 is 1.23 bits per heavy atom. The van der Waals surface area contributed by atoms with Crippen molar-refractivity contribution in [1.29, 1.82) is 0 Å². The summed E-state index contributed by atoms with van der Waals surface area (Å²) >= 11 is 0. The Labute approximate surface area is 127 Å². The molecule has 1 aliphatic rings. The second kappa shape index (κ2) is 5.43. The van der Waals surface area contributed by atoms with Crippen LogP contribution in [-0.4, -0.2) is 49.6 Å². The fraction of sp³-hybridized carbons (Fsp3) is 0.571. The highest BCUT2D eigenvalue weighted by atomic mass is 16.2. The number of rotatable bonds is 3. The molecule has 0 radical (unpaired) electrons. The number of likely N-dealkylation sites (tertiary alicyclic amines) is 1. The molecule has 0 spiro atoms. The van der Waals surface area contributed by atoms with Gasteiger partial charge in [0, 0.05) is 40.7 Å². The van der Waals surface area contributed by atoms with E-state index in [9.17, 15) is 9.59 Å².